The Morgan fingerprint density at radius 3 is 2.60 bits per heavy atom. The summed E-state index contributed by atoms with van der Waals surface area (Å²) in [5.41, 5.74) is 2.14. The van der Waals surface area contributed by atoms with Crippen LogP contribution in [0.1, 0.15) is 44.7 Å². The molecule has 0 radical (unpaired) electrons. The molecule has 0 saturated carbocycles. The fourth-order valence-corrected chi connectivity index (χ4v) is 3.12. The van der Waals surface area contributed by atoms with Gasteiger partial charge >= 0.3 is 11.6 Å². The number of hydrogen-bond donors (Lipinski definition) is 0. The molecule has 1 unspecified atom stereocenters. The number of ether oxygens (including phenoxy) is 2. The van der Waals surface area contributed by atoms with Crippen molar-refractivity contribution < 1.29 is 18.7 Å². The lowest BCUT2D eigenvalue weighted by atomic mass is 9.91. The predicted octanol–water partition coefficient (Wildman–Crippen LogP) is 3.64. The van der Waals surface area contributed by atoms with Gasteiger partial charge in [-0.3, -0.25) is 0 Å². The summed E-state index contributed by atoms with van der Waals surface area (Å²) in [5.74, 6) is 0.360. The van der Waals surface area contributed by atoms with Crippen molar-refractivity contribution in [3.05, 3.63) is 39.7 Å². The Kier molecular flexibility index (Phi) is 5.11. The molecule has 1 aliphatic rings. The molecule has 3 rings (SSSR count). The predicted molar refractivity (Wildman–Crippen MR) is 95.0 cm³/mol. The van der Waals surface area contributed by atoms with Crippen molar-refractivity contribution in [2.75, 3.05) is 6.61 Å². The maximum atomic E-state index is 12.2. The fourth-order valence-electron chi connectivity index (χ4n) is 3.12. The molecule has 0 bridgehead atoms. The average Bonchev–Trinajstić information content (AvgIpc) is 2.59. The Hall–Kier alpha value is -2.30. The van der Waals surface area contributed by atoms with E-state index in [9.17, 15) is 9.59 Å². The van der Waals surface area contributed by atoms with Crippen molar-refractivity contribution >= 4 is 16.9 Å². The van der Waals surface area contributed by atoms with E-state index in [2.05, 4.69) is 0 Å². The van der Waals surface area contributed by atoms with Crippen LogP contribution in [0.2, 0.25) is 0 Å². The topological polar surface area (TPSA) is 65.7 Å². The molecule has 0 amide bonds. The molecular weight excluding hydrogens is 320 g/mol. The number of carbonyl (C=O) groups is 1. The molecule has 25 heavy (non-hydrogen) atoms. The van der Waals surface area contributed by atoms with Gasteiger partial charge in [0, 0.05) is 17.0 Å². The van der Waals surface area contributed by atoms with Gasteiger partial charge in [0.1, 0.15) is 11.3 Å². The minimum atomic E-state index is -0.722. The van der Waals surface area contributed by atoms with E-state index >= 15 is 0 Å². The number of hydrogen-bond acceptors (Lipinski definition) is 5. The number of aryl methyl sites for hydroxylation is 1. The normalized spacial score (nSPS) is 15.0. The van der Waals surface area contributed by atoms with Crippen molar-refractivity contribution in [1.82, 2.24) is 0 Å². The second kappa shape index (κ2) is 7.30. The van der Waals surface area contributed by atoms with E-state index in [0.29, 0.717) is 17.9 Å². The third kappa shape index (κ3) is 3.86. The molecule has 1 aromatic heterocycles. The molecule has 5 nitrogen and oxygen atoms in total. The SMILES string of the molecule is CC(C)COC(=O)C(C)Oc1ccc2c3c(c(=O)oc2c1)CCCC3. The Balaban J connectivity index is 1.82. The lowest BCUT2D eigenvalue weighted by Crippen LogP contribution is -2.27. The van der Waals surface area contributed by atoms with Crippen LogP contribution in [0.15, 0.2) is 27.4 Å². The highest BCUT2D eigenvalue weighted by molar-refractivity contribution is 5.83. The number of carbonyl (C=O) groups excluding carboxylic acids is 1. The molecule has 0 aliphatic heterocycles. The minimum Gasteiger partial charge on any atom is -0.479 e. The van der Waals surface area contributed by atoms with E-state index in [1.165, 1.54) is 0 Å². The van der Waals surface area contributed by atoms with Crippen molar-refractivity contribution in [3.63, 3.8) is 0 Å². The second-order valence-electron chi connectivity index (χ2n) is 7.00. The van der Waals surface area contributed by atoms with Crippen molar-refractivity contribution in [1.29, 1.82) is 0 Å². The lowest BCUT2D eigenvalue weighted by Gasteiger charge is -2.17. The maximum absolute atomic E-state index is 12.2. The molecule has 0 saturated heterocycles. The summed E-state index contributed by atoms with van der Waals surface area (Å²) in [6.07, 6.45) is 3.07. The molecule has 1 atom stereocenters. The number of fused-ring (bicyclic) bond motifs is 3. The first-order valence-electron chi connectivity index (χ1n) is 8.87. The largest absolute Gasteiger partial charge is 0.479 e. The Labute approximate surface area is 146 Å². The van der Waals surface area contributed by atoms with Crippen molar-refractivity contribution in [3.8, 4) is 5.75 Å². The van der Waals surface area contributed by atoms with Gasteiger partial charge in [-0.15, -0.1) is 0 Å². The van der Waals surface area contributed by atoms with Gasteiger partial charge in [0.05, 0.1) is 6.61 Å². The minimum absolute atomic E-state index is 0.260. The summed E-state index contributed by atoms with van der Waals surface area (Å²) in [4.78, 5) is 24.1. The van der Waals surface area contributed by atoms with Gasteiger partial charge in [0.25, 0.3) is 0 Å². The zero-order chi connectivity index (χ0) is 18.0. The summed E-state index contributed by atoms with van der Waals surface area (Å²) < 4.78 is 16.3. The molecule has 0 fully saturated rings. The molecule has 5 heteroatoms. The third-order valence-corrected chi connectivity index (χ3v) is 4.40. The van der Waals surface area contributed by atoms with Crippen LogP contribution in [0.25, 0.3) is 11.0 Å². The van der Waals surface area contributed by atoms with Crippen LogP contribution in [0.5, 0.6) is 5.75 Å². The highest BCUT2D eigenvalue weighted by Crippen LogP contribution is 2.29. The van der Waals surface area contributed by atoms with Gasteiger partial charge in [-0.2, -0.15) is 0 Å². The zero-order valence-corrected chi connectivity index (χ0v) is 15.0. The van der Waals surface area contributed by atoms with E-state index in [0.717, 1.165) is 42.2 Å². The van der Waals surface area contributed by atoms with Crippen LogP contribution in [0.4, 0.5) is 0 Å². The van der Waals surface area contributed by atoms with Gasteiger partial charge < -0.3 is 13.9 Å². The second-order valence-corrected chi connectivity index (χ2v) is 7.00. The van der Waals surface area contributed by atoms with Crippen LogP contribution < -0.4 is 10.4 Å². The van der Waals surface area contributed by atoms with Gasteiger partial charge in [-0.25, -0.2) is 9.59 Å². The highest BCUT2D eigenvalue weighted by Gasteiger charge is 2.20. The summed E-state index contributed by atoms with van der Waals surface area (Å²) in [7, 11) is 0. The van der Waals surface area contributed by atoms with E-state index in [4.69, 9.17) is 13.9 Å². The lowest BCUT2D eigenvalue weighted by molar-refractivity contribution is -0.152. The van der Waals surface area contributed by atoms with E-state index < -0.39 is 12.1 Å². The summed E-state index contributed by atoms with van der Waals surface area (Å²) in [6, 6.07) is 5.39. The first kappa shape index (κ1) is 17.5. The van der Waals surface area contributed by atoms with Gasteiger partial charge in [-0.05, 0) is 56.2 Å². The van der Waals surface area contributed by atoms with Gasteiger partial charge in [0.15, 0.2) is 6.10 Å². The number of rotatable bonds is 5. The van der Waals surface area contributed by atoms with Crippen LogP contribution in [0, 0.1) is 5.92 Å². The quantitative estimate of drug-likeness (QED) is 0.612. The number of esters is 1. The third-order valence-electron chi connectivity index (χ3n) is 4.40. The maximum Gasteiger partial charge on any atom is 0.347 e. The van der Waals surface area contributed by atoms with Crippen LogP contribution in [-0.2, 0) is 22.4 Å². The highest BCUT2D eigenvalue weighted by atomic mass is 16.6. The molecule has 1 heterocycles. The summed E-state index contributed by atoms with van der Waals surface area (Å²) >= 11 is 0. The van der Waals surface area contributed by atoms with Gasteiger partial charge in [-0.1, -0.05) is 13.8 Å². The monoisotopic (exact) mass is 344 g/mol. The van der Waals surface area contributed by atoms with Crippen LogP contribution in [0.3, 0.4) is 0 Å². The van der Waals surface area contributed by atoms with Crippen LogP contribution >= 0.6 is 0 Å². The first-order valence-corrected chi connectivity index (χ1v) is 8.87. The molecular formula is C20H24O5. The van der Waals surface area contributed by atoms with Crippen LogP contribution in [-0.4, -0.2) is 18.7 Å². The van der Waals surface area contributed by atoms with E-state index in [1.807, 2.05) is 26.0 Å². The smallest absolute Gasteiger partial charge is 0.347 e. The molecule has 1 aliphatic carbocycles. The summed E-state index contributed by atoms with van der Waals surface area (Å²) in [6.45, 7) is 5.97. The average molecular weight is 344 g/mol. The summed E-state index contributed by atoms with van der Waals surface area (Å²) in [5, 5.41) is 0.955. The van der Waals surface area contributed by atoms with Crippen molar-refractivity contribution in [2.45, 2.75) is 52.6 Å². The molecule has 0 N–H and O–H groups in total. The van der Waals surface area contributed by atoms with Gasteiger partial charge in [0.2, 0.25) is 0 Å². The van der Waals surface area contributed by atoms with E-state index in [1.54, 1.807) is 13.0 Å². The molecule has 1 aromatic carbocycles. The molecule has 134 valence electrons. The van der Waals surface area contributed by atoms with Crippen molar-refractivity contribution in [2.24, 2.45) is 5.92 Å². The Morgan fingerprint density at radius 1 is 1.16 bits per heavy atom. The molecule has 0 spiro atoms. The first-order chi connectivity index (χ1) is 12.0. The Morgan fingerprint density at radius 2 is 1.88 bits per heavy atom. The molecule has 2 aromatic rings. The number of benzene rings is 1. The zero-order valence-electron chi connectivity index (χ0n) is 15.0. The fraction of sp³-hybridized carbons (Fsp3) is 0.500. The Bertz CT molecular complexity index is 834. The standard InChI is InChI=1S/C20H24O5/c1-12(2)11-23-19(21)13(3)24-14-8-9-16-15-6-4-5-7-17(15)20(22)25-18(16)10-14/h8-10,12-13H,4-7,11H2,1-3H3. The van der Waals surface area contributed by atoms with E-state index in [-0.39, 0.29) is 11.5 Å².